The second-order valence-corrected chi connectivity index (χ2v) is 3.52. The molecule has 0 aromatic heterocycles. The maximum atomic E-state index is 12.8. The van der Waals surface area contributed by atoms with Crippen LogP contribution in [0.1, 0.15) is 19.4 Å². The molecule has 0 atom stereocenters. The van der Waals surface area contributed by atoms with Gasteiger partial charge in [0.2, 0.25) is 0 Å². The summed E-state index contributed by atoms with van der Waals surface area (Å²) in [5.74, 6) is 0.311. The zero-order valence-corrected chi connectivity index (χ0v) is 8.50. The van der Waals surface area contributed by atoms with Crippen molar-refractivity contribution >= 4 is 5.84 Å². The van der Waals surface area contributed by atoms with Gasteiger partial charge in [0.1, 0.15) is 5.82 Å². The van der Waals surface area contributed by atoms with E-state index >= 15 is 0 Å². The average Bonchev–Trinajstić information content (AvgIpc) is 2.01. The van der Waals surface area contributed by atoms with Gasteiger partial charge in [-0.2, -0.15) is 0 Å². The molecule has 2 nitrogen and oxygen atoms in total. The molecule has 0 aliphatic heterocycles. The first-order chi connectivity index (χ1) is 6.58. The Hall–Kier alpha value is -1.38. The third-order valence-electron chi connectivity index (χ3n) is 1.70. The molecule has 1 aromatic carbocycles. The van der Waals surface area contributed by atoms with E-state index in [1.807, 2.05) is 19.9 Å². The van der Waals surface area contributed by atoms with Gasteiger partial charge in [-0.3, -0.25) is 4.99 Å². The van der Waals surface area contributed by atoms with Crippen molar-refractivity contribution in [1.82, 2.24) is 0 Å². The van der Waals surface area contributed by atoms with Gasteiger partial charge in [-0.05, 0) is 31.5 Å². The Balaban J connectivity index is 2.69. The fraction of sp³-hybridized carbons (Fsp3) is 0.364. The first-order valence-electron chi connectivity index (χ1n) is 4.64. The van der Waals surface area contributed by atoms with Gasteiger partial charge >= 0.3 is 0 Å². The number of hydrogen-bond acceptors (Lipinski definition) is 1. The molecular formula is C11H15FN2. The average molecular weight is 194 g/mol. The smallest absolute Gasteiger partial charge is 0.123 e. The van der Waals surface area contributed by atoms with Crippen molar-refractivity contribution in [1.29, 1.82) is 0 Å². The van der Waals surface area contributed by atoms with Crippen LogP contribution in [0.5, 0.6) is 0 Å². The molecule has 0 saturated carbocycles. The van der Waals surface area contributed by atoms with E-state index in [9.17, 15) is 4.39 Å². The number of benzene rings is 1. The number of hydrogen-bond donors (Lipinski definition) is 1. The summed E-state index contributed by atoms with van der Waals surface area (Å²) < 4.78 is 12.8. The van der Waals surface area contributed by atoms with Crippen LogP contribution in [0.4, 0.5) is 4.39 Å². The van der Waals surface area contributed by atoms with Crippen molar-refractivity contribution < 1.29 is 4.39 Å². The largest absolute Gasteiger partial charge is 0.387 e. The SMILES string of the molecule is CC(C)N=C(N)Cc1cccc(F)c1. The molecule has 2 N–H and O–H groups in total. The van der Waals surface area contributed by atoms with Gasteiger partial charge in [0.05, 0.1) is 5.84 Å². The summed E-state index contributed by atoms with van der Waals surface area (Å²) in [6.45, 7) is 3.91. The van der Waals surface area contributed by atoms with Crippen LogP contribution < -0.4 is 5.73 Å². The van der Waals surface area contributed by atoms with Crippen LogP contribution in [0, 0.1) is 5.82 Å². The molecular weight excluding hydrogens is 179 g/mol. The Kier molecular flexibility index (Phi) is 3.63. The van der Waals surface area contributed by atoms with Crippen molar-refractivity contribution in [3.8, 4) is 0 Å². The minimum absolute atomic E-state index is 0.184. The van der Waals surface area contributed by atoms with Crippen LogP contribution in [-0.2, 0) is 6.42 Å². The van der Waals surface area contributed by atoms with E-state index in [4.69, 9.17) is 5.73 Å². The normalized spacial score (nSPS) is 12.1. The summed E-state index contributed by atoms with van der Waals surface area (Å²) in [6, 6.07) is 6.59. The van der Waals surface area contributed by atoms with Crippen molar-refractivity contribution in [3.05, 3.63) is 35.6 Å². The van der Waals surface area contributed by atoms with Crippen LogP contribution in [0.3, 0.4) is 0 Å². The third kappa shape index (κ3) is 3.56. The molecule has 0 radical (unpaired) electrons. The van der Waals surface area contributed by atoms with Gasteiger partial charge < -0.3 is 5.73 Å². The predicted octanol–water partition coefficient (Wildman–Crippen LogP) is 2.13. The summed E-state index contributed by atoms with van der Waals surface area (Å²) >= 11 is 0. The third-order valence-corrected chi connectivity index (χ3v) is 1.70. The summed E-state index contributed by atoms with van der Waals surface area (Å²) in [6.07, 6.45) is 0.510. The summed E-state index contributed by atoms with van der Waals surface area (Å²) in [5.41, 5.74) is 6.54. The van der Waals surface area contributed by atoms with Crippen molar-refractivity contribution in [2.24, 2.45) is 10.7 Å². The highest BCUT2D eigenvalue weighted by molar-refractivity contribution is 5.82. The molecule has 0 fully saturated rings. The highest BCUT2D eigenvalue weighted by atomic mass is 19.1. The molecule has 1 aromatic rings. The Bertz CT molecular complexity index is 332. The minimum atomic E-state index is -0.236. The molecule has 0 aliphatic rings. The molecule has 0 aliphatic carbocycles. The van der Waals surface area contributed by atoms with Gasteiger partial charge in [0.25, 0.3) is 0 Å². The van der Waals surface area contributed by atoms with Crippen molar-refractivity contribution in [2.45, 2.75) is 26.3 Å². The van der Waals surface area contributed by atoms with E-state index in [1.165, 1.54) is 12.1 Å². The van der Waals surface area contributed by atoms with Gasteiger partial charge in [-0.1, -0.05) is 12.1 Å². The lowest BCUT2D eigenvalue weighted by Crippen LogP contribution is -2.17. The molecule has 76 valence electrons. The molecule has 0 unspecified atom stereocenters. The second-order valence-electron chi connectivity index (χ2n) is 3.52. The molecule has 0 heterocycles. The van der Waals surface area contributed by atoms with E-state index in [0.29, 0.717) is 12.3 Å². The first kappa shape index (κ1) is 10.7. The maximum Gasteiger partial charge on any atom is 0.123 e. The van der Waals surface area contributed by atoms with Gasteiger partial charge in [0.15, 0.2) is 0 Å². The van der Waals surface area contributed by atoms with Gasteiger partial charge in [0, 0.05) is 12.5 Å². The zero-order chi connectivity index (χ0) is 10.6. The Morgan fingerprint density at radius 1 is 1.50 bits per heavy atom. The molecule has 0 amide bonds. The Morgan fingerprint density at radius 2 is 2.21 bits per heavy atom. The van der Waals surface area contributed by atoms with Crippen LogP contribution in [-0.4, -0.2) is 11.9 Å². The number of amidine groups is 1. The number of nitrogens with two attached hydrogens (primary N) is 1. The highest BCUT2D eigenvalue weighted by Gasteiger charge is 1.99. The van der Waals surface area contributed by atoms with Crippen LogP contribution >= 0.6 is 0 Å². The lowest BCUT2D eigenvalue weighted by molar-refractivity contribution is 0.626. The van der Waals surface area contributed by atoms with E-state index < -0.39 is 0 Å². The van der Waals surface area contributed by atoms with Gasteiger partial charge in [-0.25, -0.2) is 4.39 Å². The minimum Gasteiger partial charge on any atom is -0.387 e. The van der Waals surface area contributed by atoms with Crippen LogP contribution in [0.15, 0.2) is 29.3 Å². The topological polar surface area (TPSA) is 38.4 Å². The molecule has 14 heavy (non-hydrogen) atoms. The predicted molar refractivity (Wildman–Crippen MR) is 56.9 cm³/mol. The number of nitrogens with zero attached hydrogens (tertiary/aromatic N) is 1. The molecule has 0 bridgehead atoms. The second kappa shape index (κ2) is 4.74. The Morgan fingerprint density at radius 3 is 2.79 bits per heavy atom. The summed E-state index contributed by atoms with van der Waals surface area (Å²) in [4.78, 5) is 4.17. The van der Waals surface area contributed by atoms with Crippen molar-refractivity contribution in [2.75, 3.05) is 0 Å². The van der Waals surface area contributed by atoms with Crippen molar-refractivity contribution in [3.63, 3.8) is 0 Å². The standard InChI is InChI=1S/C11H15FN2/c1-8(2)14-11(13)7-9-4-3-5-10(12)6-9/h3-6,8H,7H2,1-2H3,(H2,13,14). The zero-order valence-electron chi connectivity index (χ0n) is 8.50. The van der Waals surface area contributed by atoms with E-state index in [2.05, 4.69) is 4.99 Å². The summed E-state index contributed by atoms with van der Waals surface area (Å²) in [7, 11) is 0. The molecule has 0 saturated heterocycles. The van der Waals surface area contributed by atoms with Crippen LogP contribution in [0.2, 0.25) is 0 Å². The van der Waals surface area contributed by atoms with E-state index in [0.717, 1.165) is 5.56 Å². The summed E-state index contributed by atoms with van der Waals surface area (Å²) in [5, 5.41) is 0. The number of halogens is 1. The fourth-order valence-electron chi connectivity index (χ4n) is 1.23. The molecule has 1 rings (SSSR count). The van der Waals surface area contributed by atoms with E-state index in [1.54, 1.807) is 6.07 Å². The molecule has 3 heteroatoms. The van der Waals surface area contributed by atoms with Crippen LogP contribution in [0.25, 0.3) is 0 Å². The van der Waals surface area contributed by atoms with Gasteiger partial charge in [-0.15, -0.1) is 0 Å². The fourth-order valence-corrected chi connectivity index (χ4v) is 1.23. The lowest BCUT2D eigenvalue weighted by atomic mass is 10.1. The number of rotatable bonds is 3. The van der Waals surface area contributed by atoms with E-state index in [-0.39, 0.29) is 11.9 Å². The number of aliphatic imine (C=N–C) groups is 1. The quantitative estimate of drug-likeness (QED) is 0.581. The Labute approximate surface area is 83.7 Å². The monoisotopic (exact) mass is 194 g/mol. The maximum absolute atomic E-state index is 12.8. The first-order valence-corrected chi connectivity index (χ1v) is 4.64. The lowest BCUT2D eigenvalue weighted by Gasteiger charge is -2.03. The highest BCUT2D eigenvalue weighted by Crippen LogP contribution is 2.04. The molecule has 0 spiro atoms.